The van der Waals surface area contributed by atoms with Crippen LogP contribution in [0.3, 0.4) is 0 Å². The first-order valence-electron chi connectivity index (χ1n) is 14.9. The molecule has 3 aromatic rings. The van der Waals surface area contributed by atoms with Crippen LogP contribution in [0, 0.1) is 24.0 Å². The topological polar surface area (TPSA) is 127 Å². The molecule has 5 unspecified atom stereocenters. The number of ether oxygens (including phenoxy) is 2. The predicted molar refractivity (Wildman–Crippen MR) is 154 cm³/mol. The third-order valence-electron chi connectivity index (χ3n) is 9.37. The fourth-order valence-electron chi connectivity index (χ4n) is 6.60. The maximum atomic E-state index is 16.7. The molecule has 6 atom stereocenters. The number of hydrogen-bond acceptors (Lipinski definition) is 9. The molecule has 4 heterocycles. The molecule has 258 valence electrons. The van der Waals surface area contributed by atoms with Gasteiger partial charge in [0.1, 0.15) is 0 Å². The first-order chi connectivity index (χ1) is 22.0. The number of aromatic nitrogens is 3. The van der Waals surface area contributed by atoms with Crippen molar-refractivity contribution in [3.05, 3.63) is 28.8 Å². The number of nitrogen functional groups attached to an aromatic ring is 1. The molecule has 2 fully saturated rings. The molecule has 0 radical (unpaired) electrons. The van der Waals surface area contributed by atoms with Gasteiger partial charge in [0, 0.05) is 0 Å². The molecule has 1 aromatic carbocycles. The van der Waals surface area contributed by atoms with E-state index in [4.69, 9.17) is 15.2 Å². The van der Waals surface area contributed by atoms with E-state index in [9.17, 15) is 31.4 Å². The summed E-state index contributed by atoms with van der Waals surface area (Å²) in [6, 6.07) is 0.172. The normalized spacial score (nSPS) is 27.6. The van der Waals surface area contributed by atoms with Gasteiger partial charge in [-0.15, -0.1) is 0 Å². The van der Waals surface area contributed by atoms with E-state index in [2.05, 4.69) is 30.5 Å². The zero-order valence-corrected chi connectivity index (χ0v) is 27.9. The van der Waals surface area contributed by atoms with Gasteiger partial charge in [-0.05, 0) is 6.92 Å². The minimum absolute atomic E-state index is 0.0126. The summed E-state index contributed by atoms with van der Waals surface area (Å²) in [7, 11) is 0. The molecule has 3 aliphatic rings. The predicted octanol–water partition coefficient (Wildman–Crippen LogP) is 2.07. The van der Waals surface area contributed by atoms with Crippen molar-refractivity contribution in [1.82, 2.24) is 20.3 Å². The van der Waals surface area contributed by atoms with E-state index >= 15 is 4.39 Å². The average Bonchev–Trinajstić information content (AvgIpc) is 3.29. The van der Waals surface area contributed by atoms with Crippen molar-refractivity contribution >= 4 is 22.4 Å². The number of pyridine rings is 1. The van der Waals surface area contributed by atoms with Gasteiger partial charge in [0.05, 0.1) is 0 Å². The zero-order valence-electron chi connectivity index (χ0n) is 25.7. The van der Waals surface area contributed by atoms with E-state index in [-0.39, 0.29) is 33.1 Å². The summed E-state index contributed by atoms with van der Waals surface area (Å²) in [5, 5.41) is 16.7. The van der Waals surface area contributed by atoms with Gasteiger partial charge in [-0.3, -0.25) is 0 Å². The number of alkyl halides is 7. The van der Waals surface area contributed by atoms with Gasteiger partial charge in [-0.2, -0.15) is 0 Å². The van der Waals surface area contributed by atoms with Crippen LogP contribution >= 0.6 is 0 Å². The molecular formula is C30H33F7IN6O3-. The summed E-state index contributed by atoms with van der Waals surface area (Å²) in [5.74, 6) is -6.20. The Balaban J connectivity index is 1.59. The summed E-state index contributed by atoms with van der Waals surface area (Å²) in [5.41, 5.74) is -1.44. The Morgan fingerprint density at radius 1 is 1.19 bits per heavy atom. The van der Waals surface area contributed by atoms with Crippen molar-refractivity contribution in [3.8, 4) is 23.1 Å². The third kappa shape index (κ3) is 5.78. The number of nitrogens with one attached hydrogen (secondary N) is 2. The number of rotatable bonds is 6. The molecular weight excluding hydrogens is 752 g/mol. The van der Waals surface area contributed by atoms with Crippen LogP contribution < -0.4 is 47.0 Å². The Morgan fingerprint density at radius 3 is 2.51 bits per heavy atom. The molecule has 2 bridgehead atoms. The van der Waals surface area contributed by atoms with Crippen LogP contribution in [0.25, 0.3) is 22.2 Å². The first-order valence-corrected chi connectivity index (χ1v) is 18.3. The van der Waals surface area contributed by atoms with E-state index in [1.165, 1.54) is 6.92 Å². The van der Waals surface area contributed by atoms with Crippen LogP contribution in [0.2, 0.25) is 0 Å². The third-order valence-corrected chi connectivity index (χ3v) is 12.7. The molecule has 47 heavy (non-hydrogen) atoms. The van der Waals surface area contributed by atoms with Crippen LogP contribution in [-0.4, -0.2) is 72.3 Å². The number of nitrogens with two attached hydrogens (primary N) is 1. The summed E-state index contributed by atoms with van der Waals surface area (Å²) in [6.07, 6.45) is -6.11. The molecule has 1 aliphatic carbocycles. The van der Waals surface area contributed by atoms with Crippen LogP contribution in [-0.2, 0) is 6.18 Å². The summed E-state index contributed by atoms with van der Waals surface area (Å²) < 4.78 is 115. The van der Waals surface area contributed by atoms with Crippen LogP contribution in [0.1, 0.15) is 44.2 Å². The molecule has 6 rings (SSSR count). The Hall–Kier alpha value is -2.93. The zero-order chi connectivity index (χ0) is 34.2. The van der Waals surface area contributed by atoms with Gasteiger partial charge >= 0.3 is 255 Å². The van der Waals surface area contributed by atoms with Gasteiger partial charge in [0.15, 0.2) is 0 Å². The summed E-state index contributed by atoms with van der Waals surface area (Å²) >= 11 is -0.434. The van der Waals surface area contributed by atoms with E-state index in [0.717, 1.165) is 19.8 Å². The Kier molecular flexibility index (Phi) is 8.59. The maximum absolute atomic E-state index is 16.7. The standard InChI is InChI=1S/C30H33F7IN6O3/c1-11-19(30(35,36)37)15(7-16(39)20(11)31)23-21(32)24-18-25(44-27(43-24)46-10-28(13(3)45)9-29(28,33)34)40-8-14-5-6-17(41-14)22(38-4)12(2)47-26(18)42-23/h7,12-14,17,22,41,45H,5-6,8-10,39H2,1-4H3,(H,40,43,44)/q-1/t12-,13?,14?,17?,22?,28?/m0/s1. The number of fused-ring (bicyclic) bond motifs is 2. The van der Waals surface area contributed by atoms with E-state index in [1.807, 2.05) is 0 Å². The number of halogens is 8. The summed E-state index contributed by atoms with van der Waals surface area (Å²) in [6.45, 7) is 3.46. The molecule has 2 aromatic heterocycles. The number of aliphatic hydroxyl groups excluding tert-OH is 1. The van der Waals surface area contributed by atoms with E-state index in [1.54, 1.807) is 6.92 Å². The molecule has 2 aliphatic heterocycles. The number of anilines is 2. The Labute approximate surface area is 275 Å². The van der Waals surface area contributed by atoms with Gasteiger partial charge in [-0.25, -0.2) is 8.78 Å². The fourth-order valence-corrected chi connectivity index (χ4v) is 9.20. The van der Waals surface area contributed by atoms with Crippen molar-refractivity contribution in [1.29, 1.82) is 0 Å². The van der Waals surface area contributed by atoms with Crippen molar-refractivity contribution in [2.24, 2.45) is 5.41 Å². The van der Waals surface area contributed by atoms with Crippen LogP contribution in [0.4, 0.5) is 42.2 Å². The fraction of sp³-hybridized carbons (Fsp3) is 0.567. The second-order valence-electron chi connectivity index (χ2n) is 12.4. The second-order valence-corrected chi connectivity index (χ2v) is 15.1. The molecule has 1 saturated carbocycles. The first kappa shape index (κ1) is 34.0. The van der Waals surface area contributed by atoms with Gasteiger partial charge in [0.25, 0.3) is 0 Å². The number of aliphatic hydroxyl groups is 1. The average molecular weight is 786 g/mol. The van der Waals surface area contributed by atoms with Crippen LogP contribution in [0.15, 0.2) is 6.07 Å². The molecule has 1 saturated heterocycles. The molecule has 17 heteroatoms. The SMILES string of the molecule is C[I-]C1C2CCC(CNc3nc(OCC4(C(C)O)CC4(F)F)nc4c(F)c(-c5cc(N)c(F)c(C)c5C(F)(F)F)nc(c34)O[C@H]1C)N2. The van der Waals surface area contributed by atoms with Crippen molar-refractivity contribution in [2.75, 3.05) is 29.1 Å². The number of nitrogens with zero attached hydrogens (tertiary/aromatic N) is 3. The van der Waals surface area contributed by atoms with Gasteiger partial charge in [-0.1, -0.05) is 0 Å². The summed E-state index contributed by atoms with van der Waals surface area (Å²) in [4.78, 5) is 14.8. The van der Waals surface area contributed by atoms with E-state index < -0.39 is 115 Å². The van der Waals surface area contributed by atoms with E-state index in [0.29, 0.717) is 12.6 Å². The van der Waals surface area contributed by atoms with Gasteiger partial charge in [0.2, 0.25) is 0 Å². The minimum atomic E-state index is -5.13. The molecule has 9 nitrogen and oxygen atoms in total. The van der Waals surface area contributed by atoms with Gasteiger partial charge < -0.3 is 5.11 Å². The molecule has 0 amide bonds. The monoisotopic (exact) mass is 785 g/mol. The second kappa shape index (κ2) is 11.9. The molecule has 0 spiro atoms. The quantitative estimate of drug-likeness (QED) is 0.129. The Morgan fingerprint density at radius 2 is 1.89 bits per heavy atom. The van der Waals surface area contributed by atoms with Crippen molar-refractivity contribution in [2.45, 2.75) is 80.3 Å². The van der Waals surface area contributed by atoms with Crippen molar-refractivity contribution in [3.63, 3.8) is 0 Å². The van der Waals surface area contributed by atoms with Crippen LogP contribution in [0.5, 0.6) is 11.9 Å². The van der Waals surface area contributed by atoms with Crippen molar-refractivity contribution < 1.29 is 66.5 Å². The Bertz CT molecular complexity index is 1730. The molecule has 5 N–H and O–H groups in total. The number of hydrogen-bond donors (Lipinski definition) is 4. The number of benzene rings is 1.